The number of ether oxygens (including phenoxy) is 1. The second kappa shape index (κ2) is 7.62. The van der Waals surface area contributed by atoms with Gasteiger partial charge in [0.1, 0.15) is 12.4 Å². The fourth-order valence-electron chi connectivity index (χ4n) is 2.56. The van der Waals surface area contributed by atoms with Gasteiger partial charge in [0.25, 0.3) is 0 Å². The second-order valence-electron chi connectivity index (χ2n) is 5.64. The van der Waals surface area contributed by atoms with Gasteiger partial charge < -0.3 is 15.4 Å². The van der Waals surface area contributed by atoms with E-state index in [0.717, 1.165) is 51.5 Å². The molecule has 0 radical (unpaired) electrons. The van der Waals surface area contributed by atoms with E-state index in [-0.39, 0.29) is 0 Å². The van der Waals surface area contributed by atoms with Crippen LogP contribution in [0.3, 0.4) is 0 Å². The van der Waals surface area contributed by atoms with Gasteiger partial charge in [-0.3, -0.25) is 4.90 Å². The van der Waals surface area contributed by atoms with Crippen molar-refractivity contribution in [1.29, 1.82) is 0 Å². The Bertz CT molecular complexity index is 414. The lowest BCUT2D eigenvalue weighted by Crippen LogP contribution is -2.45. The van der Waals surface area contributed by atoms with Crippen LogP contribution in [0.25, 0.3) is 0 Å². The molecule has 0 aliphatic carbocycles. The minimum Gasteiger partial charge on any atom is -0.492 e. The topological polar surface area (TPSA) is 41.7 Å². The van der Waals surface area contributed by atoms with Gasteiger partial charge in [-0.1, -0.05) is 17.7 Å². The maximum atomic E-state index is 5.96. The molecule has 1 saturated heterocycles. The van der Waals surface area contributed by atoms with Gasteiger partial charge in [-0.2, -0.15) is 0 Å². The van der Waals surface area contributed by atoms with Crippen molar-refractivity contribution in [3.8, 4) is 5.75 Å². The summed E-state index contributed by atoms with van der Waals surface area (Å²) in [6.45, 7) is 9.12. The summed E-state index contributed by atoms with van der Waals surface area (Å²) in [6, 6.07) is 6.35. The zero-order chi connectivity index (χ0) is 14.4. The van der Waals surface area contributed by atoms with Crippen molar-refractivity contribution in [1.82, 2.24) is 9.80 Å². The van der Waals surface area contributed by atoms with E-state index in [9.17, 15) is 0 Å². The number of hydrogen-bond acceptors (Lipinski definition) is 4. The number of nitrogens with zero attached hydrogens (tertiary/aromatic N) is 2. The van der Waals surface area contributed by atoms with Crippen LogP contribution in [0, 0.1) is 6.92 Å². The molecule has 0 aromatic heterocycles. The van der Waals surface area contributed by atoms with Crippen LogP contribution in [0.15, 0.2) is 18.2 Å². The summed E-state index contributed by atoms with van der Waals surface area (Å²) < 4.78 is 5.96. The van der Waals surface area contributed by atoms with Gasteiger partial charge in [0, 0.05) is 32.7 Å². The first-order valence-corrected chi connectivity index (χ1v) is 7.52. The van der Waals surface area contributed by atoms with Crippen LogP contribution < -0.4 is 10.5 Å². The Morgan fingerprint density at radius 2 is 1.95 bits per heavy atom. The highest BCUT2D eigenvalue weighted by atomic mass is 16.5. The van der Waals surface area contributed by atoms with E-state index in [1.165, 1.54) is 11.1 Å². The van der Waals surface area contributed by atoms with Gasteiger partial charge in [0.15, 0.2) is 0 Å². The predicted octanol–water partition coefficient (Wildman–Crippen LogP) is 1.12. The standard InChI is InChI=1S/C16H27N3O/c1-14-3-4-16(15(13-14)5-6-17)20-12-11-19-9-7-18(2)8-10-19/h3-4,13H,5-12,17H2,1-2H3. The van der Waals surface area contributed by atoms with Crippen LogP contribution in [0.5, 0.6) is 5.75 Å². The highest BCUT2D eigenvalue weighted by Gasteiger charge is 2.13. The maximum Gasteiger partial charge on any atom is 0.122 e. The Kier molecular flexibility index (Phi) is 5.83. The molecule has 1 aromatic carbocycles. The van der Waals surface area contributed by atoms with Crippen LogP contribution in [-0.2, 0) is 6.42 Å². The summed E-state index contributed by atoms with van der Waals surface area (Å²) in [5.41, 5.74) is 8.16. The van der Waals surface area contributed by atoms with Crippen molar-refractivity contribution < 1.29 is 4.74 Å². The molecule has 0 spiro atoms. The van der Waals surface area contributed by atoms with E-state index in [1.54, 1.807) is 0 Å². The monoisotopic (exact) mass is 277 g/mol. The first-order chi connectivity index (χ1) is 9.69. The number of nitrogens with two attached hydrogens (primary N) is 1. The molecule has 1 heterocycles. The van der Waals surface area contributed by atoms with Crippen LogP contribution in [0.4, 0.5) is 0 Å². The van der Waals surface area contributed by atoms with E-state index < -0.39 is 0 Å². The van der Waals surface area contributed by atoms with Gasteiger partial charge in [0.2, 0.25) is 0 Å². The Labute approximate surface area is 122 Å². The van der Waals surface area contributed by atoms with E-state index >= 15 is 0 Å². The molecule has 4 heteroatoms. The molecule has 20 heavy (non-hydrogen) atoms. The summed E-state index contributed by atoms with van der Waals surface area (Å²) in [5, 5.41) is 0. The molecule has 0 atom stereocenters. The molecule has 0 unspecified atom stereocenters. The number of hydrogen-bond donors (Lipinski definition) is 1. The predicted molar refractivity (Wildman–Crippen MR) is 83.4 cm³/mol. The smallest absolute Gasteiger partial charge is 0.122 e. The van der Waals surface area contributed by atoms with Gasteiger partial charge in [-0.25, -0.2) is 0 Å². The van der Waals surface area contributed by atoms with E-state index in [4.69, 9.17) is 10.5 Å². The molecule has 1 fully saturated rings. The average molecular weight is 277 g/mol. The van der Waals surface area contributed by atoms with Crippen molar-refractivity contribution in [2.24, 2.45) is 5.73 Å². The lowest BCUT2D eigenvalue weighted by Gasteiger charge is -2.32. The zero-order valence-corrected chi connectivity index (χ0v) is 12.8. The minimum atomic E-state index is 0.665. The molecule has 1 aliphatic heterocycles. The summed E-state index contributed by atoms with van der Waals surface area (Å²) in [5.74, 6) is 0.996. The molecular weight excluding hydrogens is 250 g/mol. The SMILES string of the molecule is Cc1ccc(OCCN2CCN(C)CC2)c(CCN)c1. The summed E-state index contributed by atoms with van der Waals surface area (Å²) in [7, 11) is 2.18. The molecule has 1 aromatic rings. The van der Waals surface area contributed by atoms with Gasteiger partial charge in [0.05, 0.1) is 0 Å². The lowest BCUT2D eigenvalue weighted by atomic mass is 10.1. The zero-order valence-electron chi connectivity index (χ0n) is 12.8. The highest BCUT2D eigenvalue weighted by molar-refractivity contribution is 5.37. The third-order valence-electron chi connectivity index (χ3n) is 3.89. The second-order valence-corrected chi connectivity index (χ2v) is 5.64. The van der Waals surface area contributed by atoms with Crippen molar-refractivity contribution in [3.63, 3.8) is 0 Å². The van der Waals surface area contributed by atoms with Crippen LogP contribution in [-0.4, -0.2) is 62.7 Å². The fraction of sp³-hybridized carbons (Fsp3) is 0.625. The average Bonchev–Trinajstić information content (AvgIpc) is 2.44. The Morgan fingerprint density at radius 1 is 1.20 bits per heavy atom. The van der Waals surface area contributed by atoms with Crippen molar-refractivity contribution in [2.75, 3.05) is 52.9 Å². The Morgan fingerprint density at radius 3 is 2.65 bits per heavy atom. The van der Waals surface area contributed by atoms with Crippen molar-refractivity contribution in [2.45, 2.75) is 13.3 Å². The molecule has 112 valence electrons. The summed E-state index contributed by atoms with van der Waals surface area (Å²) in [6.07, 6.45) is 0.880. The largest absolute Gasteiger partial charge is 0.492 e. The molecule has 2 rings (SSSR count). The number of piperazine rings is 1. The quantitative estimate of drug-likeness (QED) is 0.846. The number of rotatable bonds is 6. The molecule has 0 saturated carbocycles. The number of aryl methyl sites for hydroxylation is 1. The lowest BCUT2D eigenvalue weighted by molar-refractivity contribution is 0.133. The van der Waals surface area contributed by atoms with E-state index in [2.05, 4.69) is 42.0 Å². The van der Waals surface area contributed by atoms with Gasteiger partial charge in [-0.15, -0.1) is 0 Å². The van der Waals surface area contributed by atoms with E-state index in [1.807, 2.05) is 0 Å². The van der Waals surface area contributed by atoms with Gasteiger partial charge >= 0.3 is 0 Å². The van der Waals surface area contributed by atoms with Crippen LogP contribution >= 0.6 is 0 Å². The van der Waals surface area contributed by atoms with Gasteiger partial charge in [-0.05, 0) is 38.6 Å². The molecule has 4 nitrogen and oxygen atoms in total. The Hall–Kier alpha value is -1.10. The maximum absolute atomic E-state index is 5.96. The minimum absolute atomic E-state index is 0.665. The third kappa shape index (κ3) is 4.47. The van der Waals surface area contributed by atoms with Crippen molar-refractivity contribution in [3.05, 3.63) is 29.3 Å². The first kappa shape index (κ1) is 15.3. The summed E-state index contributed by atoms with van der Waals surface area (Å²) >= 11 is 0. The fourth-order valence-corrected chi connectivity index (χ4v) is 2.56. The molecular formula is C16H27N3O. The van der Waals surface area contributed by atoms with Crippen LogP contribution in [0.1, 0.15) is 11.1 Å². The first-order valence-electron chi connectivity index (χ1n) is 7.52. The van der Waals surface area contributed by atoms with E-state index in [0.29, 0.717) is 6.54 Å². The highest BCUT2D eigenvalue weighted by Crippen LogP contribution is 2.20. The third-order valence-corrected chi connectivity index (χ3v) is 3.89. The molecule has 2 N–H and O–H groups in total. The van der Waals surface area contributed by atoms with Crippen LogP contribution in [0.2, 0.25) is 0 Å². The molecule has 0 bridgehead atoms. The molecule has 0 amide bonds. The Balaban J connectivity index is 1.81. The molecule has 1 aliphatic rings. The van der Waals surface area contributed by atoms with Crippen molar-refractivity contribution >= 4 is 0 Å². The summed E-state index contributed by atoms with van der Waals surface area (Å²) in [4.78, 5) is 4.84. The number of benzene rings is 1. The normalized spacial score (nSPS) is 17.4. The number of likely N-dealkylation sites (N-methyl/N-ethyl adjacent to an activating group) is 1.